The van der Waals surface area contributed by atoms with Crippen LogP contribution in [0.5, 0.6) is 0 Å². The summed E-state index contributed by atoms with van der Waals surface area (Å²) in [6.45, 7) is 2.21. The molecule has 2 aromatic rings. The van der Waals surface area contributed by atoms with Crippen LogP contribution >= 0.6 is 0 Å². The van der Waals surface area contributed by atoms with Crippen LogP contribution in [0, 0.1) is 12.7 Å². The first-order valence-corrected chi connectivity index (χ1v) is 8.17. The zero-order chi connectivity index (χ0) is 15.0. The second-order valence-corrected chi connectivity index (χ2v) is 6.83. The molecule has 110 valence electrons. The fraction of sp³-hybridized carbons (Fsp3) is 0.267. The first kappa shape index (κ1) is 14.0. The van der Waals surface area contributed by atoms with Gasteiger partial charge in [0.2, 0.25) is 5.03 Å². The van der Waals surface area contributed by atoms with Crippen LogP contribution in [-0.4, -0.2) is 19.9 Å². The largest absolute Gasteiger partial charge is 0.284 e. The fourth-order valence-electron chi connectivity index (χ4n) is 2.71. The topological polar surface area (TPSA) is 50.3 Å². The standard InChI is InChI=1S/C15H15FN2O2S/c1-11-5-2-6-12-7-4-10-18(14(11)12)21(19,20)15-13(16)8-3-9-17-15/h2-3,5-6,8-9H,4,7,10H2,1H3. The SMILES string of the molecule is Cc1cccc2c1N(S(=O)(=O)c1ncccc1F)CCC2. The zero-order valence-electron chi connectivity index (χ0n) is 11.6. The maximum Gasteiger partial charge on any atom is 0.284 e. The summed E-state index contributed by atoms with van der Waals surface area (Å²) >= 11 is 0. The molecule has 0 saturated carbocycles. The number of aromatic nitrogens is 1. The van der Waals surface area contributed by atoms with Gasteiger partial charge in [0.25, 0.3) is 10.0 Å². The van der Waals surface area contributed by atoms with Crippen LogP contribution in [-0.2, 0) is 16.4 Å². The molecule has 6 heteroatoms. The van der Waals surface area contributed by atoms with Gasteiger partial charge in [-0.25, -0.2) is 9.37 Å². The molecule has 0 atom stereocenters. The Morgan fingerprint density at radius 1 is 1.24 bits per heavy atom. The molecule has 0 amide bonds. The molecule has 21 heavy (non-hydrogen) atoms. The van der Waals surface area contributed by atoms with Crippen molar-refractivity contribution < 1.29 is 12.8 Å². The van der Waals surface area contributed by atoms with Crippen molar-refractivity contribution in [2.75, 3.05) is 10.8 Å². The highest BCUT2D eigenvalue weighted by Crippen LogP contribution is 2.34. The third-order valence-electron chi connectivity index (χ3n) is 3.64. The Labute approximate surface area is 123 Å². The fourth-order valence-corrected chi connectivity index (χ4v) is 4.30. The third kappa shape index (κ3) is 2.29. The van der Waals surface area contributed by atoms with Crippen LogP contribution in [0.4, 0.5) is 10.1 Å². The van der Waals surface area contributed by atoms with Crippen molar-refractivity contribution in [1.29, 1.82) is 0 Å². The Balaban J connectivity index is 2.17. The molecule has 1 aromatic heterocycles. The zero-order valence-corrected chi connectivity index (χ0v) is 12.4. The number of aryl methyl sites for hydroxylation is 2. The van der Waals surface area contributed by atoms with E-state index in [2.05, 4.69) is 4.98 Å². The van der Waals surface area contributed by atoms with E-state index >= 15 is 0 Å². The summed E-state index contributed by atoms with van der Waals surface area (Å²) in [4.78, 5) is 3.72. The van der Waals surface area contributed by atoms with Gasteiger partial charge in [-0.1, -0.05) is 18.2 Å². The second-order valence-electron chi connectivity index (χ2n) is 5.05. The Morgan fingerprint density at radius 2 is 2.05 bits per heavy atom. The van der Waals surface area contributed by atoms with Crippen LogP contribution in [0.1, 0.15) is 17.5 Å². The van der Waals surface area contributed by atoms with Gasteiger partial charge in [-0.05, 0) is 43.0 Å². The highest BCUT2D eigenvalue weighted by Gasteiger charge is 2.33. The number of nitrogens with zero attached hydrogens (tertiary/aromatic N) is 2. The van der Waals surface area contributed by atoms with Crippen LogP contribution in [0.3, 0.4) is 0 Å². The first-order chi connectivity index (χ1) is 10.0. The van der Waals surface area contributed by atoms with E-state index in [9.17, 15) is 12.8 Å². The maximum absolute atomic E-state index is 13.8. The van der Waals surface area contributed by atoms with Crippen LogP contribution in [0.15, 0.2) is 41.6 Å². The van der Waals surface area contributed by atoms with Gasteiger partial charge in [0, 0.05) is 12.7 Å². The Bertz CT molecular complexity index is 790. The molecule has 2 heterocycles. The molecular formula is C15H15FN2O2S. The Morgan fingerprint density at radius 3 is 2.81 bits per heavy atom. The third-order valence-corrected chi connectivity index (χ3v) is 5.37. The second kappa shape index (κ2) is 5.11. The lowest BCUT2D eigenvalue weighted by Crippen LogP contribution is -2.37. The Kier molecular flexibility index (Phi) is 3.41. The molecule has 0 fully saturated rings. The predicted octanol–water partition coefficient (Wildman–Crippen LogP) is 2.67. The number of sulfonamides is 1. The van der Waals surface area contributed by atoms with E-state index in [0.29, 0.717) is 18.7 Å². The monoisotopic (exact) mass is 306 g/mol. The molecule has 0 aliphatic carbocycles. The van der Waals surface area contributed by atoms with Crippen molar-refractivity contribution in [3.05, 3.63) is 53.5 Å². The maximum atomic E-state index is 13.8. The van der Waals surface area contributed by atoms with Gasteiger partial charge in [-0.3, -0.25) is 4.31 Å². The van der Waals surface area contributed by atoms with E-state index in [0.717, 1.165) is 23.6 Å². The van der Waals surface area contributed by atoms with Gasteiger partial charge in [0.15, 0.2) is 5.82 Å². The van der Waals surface area contributed by atoms with Crippen molar-refractivity contribution >= 4 is 15.7 Å². The van der Waals surface area contributed by atoms with Gasteiger partial charge in [-0.2, -0.15) is 8.42 Å². The van der Waals surface area contributed by atoms with Crippen LogP contribution in [0.2, 0.25) is 0 Å². The molecule has 0 spiro atoms. The normalized spacial score (nSPS) is 14.9. The number of fused-ring (bicyclic) bond motifs is 1. The van der Waals surface area contributed by atoms with Gasteiger partial charge >= 0.3 is 0 Å². The average molecular weight is 306 g/mol. The summed E-state index contributed by atoms with van der Waals surface area (Å²) in [6, 6.07) is 8.18. The summed E-state index contributed by atoms with van der Waals surface area (Å²) in [6.07, 6.45) is 2.83. The number of anilines is 1. The van der Waals surface area contributed by atoms with Crippen molar-refractivity contribution in [1.82, 2.24) is 4.98 Å². The molecule has 0 N–H and O–H groups in total. The molecule has 1 aliphatic heterocycles. The van der Waals surface area contributed by atoms with Gasteiger partial charge in [0.1, 0.15) is 0 Å². The van der Waals surface area contributed by atoms with E-state index in [1.54, 1.807) is 0 Å². The highest BCUT2D eigenvalue weighted by molar-refractivity contribution is 7.92. The van der Waals surface area contributed by atoms with E-state index in [4.69, 9.17) is 0 Å². The number of rotatable bonds is 2. The number of hydrogen-bond donors (Lipinski definition) is 0. The highest BCUT2D eigenvalue weighted by atomic mass is 32.2. The number of halogens is 1. The lowest BCUT2D eigenvalue weighted by atomic mass is 10.0. The number of hydrogen-bond acceptors (Lipinski definition) is 3. The summed E-state index contributed by atoms with van der Waals surface area (Å²) < 4.78 is 40.6. The van der Waals surface area contributed by atoms with Crippen molar-refractivity contribution in [3.8, 4) is 0 Å². The summed E-state index contributed by atoms with van der Waals surface area (Å²) in [5.41, 5.74) is 2.50. The number of pyridine rings is 1. The quantitative estimate of drug-likeness (QED) is 0.857. The Hall–Kier alpha value is -1.95. The van der Waals surface area contributed by atoms with Gasteiger partial charge in [-0.15, -0.1) is 0 Å². The molecule has 0 bridgehead atoms. The molecule has 1 aromatic carbocycles. The van der Waals surface area contributed by atoms with Crippen molar-refractivity contribution in [2.45, 2.75) is 24.8 Å². The average Bonchev–Trinajstić information content (AvgIpc) is 2.47. The van der Waals surface area contributed by atoms with Crippen LogP contribution < -0.4 is 4.31 Å². The minimum atomic E-state index is -3.98. The van der Waals surface area contributed by atoms with Crippen LogP contribution in [0.25, 0.3) is 0 Å². The van der Waals surface area contributed by atoms with Gasteiger partial charge in [0.05, 0.1) is 5.69 Å². The van der Waals surface area contributed by atoms with E-state index < -0.39 is 20.9 Å². The lowest BCUT2D eigenvalue weighted by Gasteiger charge is -2.31. The molecule has 0 radical (unpaired) electrons. The summed E-state index contributed by atoms with van der Waals surface area (Å²) in [7, 11) is -3.98. The van der Waals surface area contributed by atoms with Crippen molar-refractivity contribution in [2.24, 2.45) is 0 Å². The number of benzene rings is 1. The molecule has 4 nitrogen and oxygen atoms in total. The summed E-state index contributed by atoms with van der Waals surface area (Å²) in [5, 5.41) is -0.513. The van der Waals surface area contributed by atoms with E-state index in [1.807, 2.05) is 25.1 Å². The minimum Gasteiger partial charge on any atom is -0.264 e. The molecule has 1 aliphatic rings. The van der Waals surface area contributed by atoms with Gasteiger partial charge < -0.3 is 0 Å². The lowest BCUT2D eigenvalue weighted by molar-refractivity contribution is 0.548. The van der Waals surface area contributed by atoms with E-state index in [1.165, 1.54) is 16.6 Å². The minimum absolute atomic E-state index is 0.343. The predicted molar refractivity (Wildman–Crippen MR) is 78.2 cm³/mol. The first-order valence-electron chi connectivity index (χ1n) is 6.73. The number of para-hydroxylation sites is 1. The smallest absolute Gasteiger partial charge is 0.264 e. The van der Waals surface area contributed by atoms with Crippen molar-refractivity contribution in [3.63, 3.8) is 0 Å². The molecule has 3 rings (SSSR count). The molecule has 0 saturated heterocycles. The molecule has 0 unspecified atom stereocenters. The molecular weight excluding hydrogens is 291 g/mol. The summed E-state index contributed by atoms with van der Waals surface area (Å²) in [5.74, 6) is -0.821. The van der Waals surface area contributed by atoms with E-state index in [-0.39, 0.29) is 0 Å².